The van der Waals surface area contributed by atoms with Gasteiger partial charge in [-0.05, 0) is 55.8 Å². The van der Waals surface area contributed by atoms with Gasteiger partial charge in [-0.25, -0.2) is 4.79 Å². The normalized spacial score (nSPS) is 21.5. The van der Waals surface area contributed by atoms with E-state index < -0.39 is 18.2 Å². The monoisotopic (exact) mass is 538 g/mol. The van der Waals surface area contributed by atoms with Crippen molar-refractivity contribution in [3.8, 4) is 5.75 Å². The van der Waals surface area contributed by atoms with Crippen molar-refractivity contribution in [3.63, 3.8) is 0 Å². The number of para-hydroxylation sites is 1. The smallest absolute Gasteiger partial charge is 0.408 e. The van der Waals surface area contributed by atoms with Gasteiger partial charge in [0.25, 0.3) is 0 Å². The Balaban J connectivity index is 1.63. The van der Waals surface area contributed by atoms with Crippen LogP contribution in [0.25, 0.3) is 0 Å². The third-order valence-electron chi connectivity index (χ3n) is 5.60. The molecule has 0 aromatic heterocycles. The van der Waals surface area contributed by atoms with Gasteiger partial charge in [0, 0.05) is 20.6 Å². The van der Waals surface area contributed by atoms with E-state index in [1.165, 1.54) is 0 Å². The summed E-state index contributed by atoms with van der Waals surface area (Å²) in [6, 6.07) is 13.2. The van der Waals surface area contributed by atoms with Crippen molar-refractivity contribution < 1.29 is 19.4 Å². The zero-order chi connectivity index (χ0) is 21.1. The number of nitrogens with one attached hydrogen (secondary N) is 1. The van der Waals surface area contributed by atoms with Crippen LogP contribution in [0.15, 0.2) is 51.4 Å². The first kappa shape index (κ1) is 21.6. The Hall–Kier alpha value is -1.61. The summed E-state index contributed by atoms with van der Waals surface area (Å²) in [4.78, 5) is 14.0. The molecule has 8 heteroatoms. The number of hydrogen-bond donors (Lipinski definition) is 2. The molecule has 0 saturated carbocycles. The molecule has 2 aromatic rings. The van der Waals surface area contributed by atoms with Gasteiger partial charge in [-0.1, -0.05) is 50.1 Å². The number of carboxylic acid groups (broad SMARTS) is 1. The van der Waals surface area contributed by atoms with Crippen molar-refractivity contribution >= 4 is 38.0 Å². The van der Waals surface area contributed by atoms with Crippen LogP contribution in [-0.4, -0.2) is 47.9 Å². The molecule has 0 aliphatic carbocycles. The number of rotatable bonds is 5. The molecule has 2 N–H and O–H groups in total. The first-order valence-corrected chi connectivity index (χ1v) is 11.6. The summed E-state index contributed by atoms with van der Waals surface area (Å²) in [5.41, 5.74) is 1.86. The van der Waals surface area contributed by atoms with Crippen molar-refractivity contribution in [2.24, 2.45) is 0 Å². The number of amides is 1. The molecule has 1 fully saturated rings. The topological polar surface area (TPSA) is 71.0 Å². The van der Waals surface area contributed by atoms with Crippen LogP contribution in [0.1, 0.15) is 30.0 Å². The molecule has 2 aliphatic heterocycles. The van der Waals surface area contributed by atoms with Gasteiger partial charge in [0.1, 0.15) is 18.5 Å². The molecule has 1 saturated heterocycles. The molecule has 2 aliphatic rings. The fraction of sp³-hybridized carbons (Fsp3) is 0.409. The number of carbonyl (C=O) groups is 1. The van der Waals surface area contributed by atoms with Crippen LogP contribution in [0.2, 0.25) is 0 Å². The van der Waals surface area contributed by atoms with Crippen LogP contribution in [0.5, 0.6) is 5.75 Å². The van der Waals surface area contributed by atoms with Gasteiger partial charge < -0.3 is 19.9 Å². The molecule has 0 bridgehead atoms. The fourth-order valence-electron chi connectivity index (χ4n) is 4.27. The third kappa shape index (κ3) is 4.82. The molecule has 2 aromatic carbocycles. The van der Waals surface area contributed by atoms with E-state index in [2.05, 4.69) is 37.2 Å². The Morgan fingerprint density at radius 3 is 2.57 bits per heavy atom. The van der Waals surface area contributed by atoms with E-state index >= 15 is 0 Å². The molecule has 4 rings (SSSR count). The maximum Gasteiger partial charge on any atom is 0.408 e. The van der Waals surface area contributed by atoms with Gasteiger partial charge in [-0.2, -0.15) is 0 Å². The Labute approximate surface area is 192 Å². The Bertz CT molecular complexity index is 884. The van der Waals surface area contributed by atoms with Gasteiger partial charge in [-0.15, -0.1) is 0 Å². The molecule has 0 radical (unpaired) electrons. The zero-order valence-electron chi connectivity index (χ0n) is 16.4. The highest BCUT2D eigenvalue weighted by Crippen LogP contribution is 2.40. The molecule has 6 nitrogen and oxygen atoms in total. The molecule has 0 spiro atoms. The van der Waals surface area contributed by atoms with Crippen molar-refractivity contribution in [2.45, 2.75) is 37.6 Å². The van der Waals surface area contributed by atoms with E-state index in [-0.39, 0.29) is 6.04 Å². The van der Waals surface area contributed by atoms with Crippen LogP contribution < -0.4 is 10.1 Å². The van der Waals surface area contributed by atoms with E-state index in [1.807, 2.05) is 42.5 Å². The highest BCUT2D eigenvalue weighted by Gasteiger charge is 2.41. The molecule has 2 heterocycles. The minimum absolute atomic E-state index is 0.0500. The maximum atomic E-state index is 12.4. The Morgan fingerprint density at radius 2 is 1.87 bits per heavy atom. The number of piperidine rings is 1. The minimum Gasteiger partial charge on any atom is -0.490 e. The second-order valence-electron chi connectivity index (χ2n) is 7.59. The predicted octanol–water partition coefficient (Wildman–Crippen LogP) is 4.96. The molecule has 160 valence electrons. The lowest BCUT2D eigenvalue weighted by Gasteiger charge is -2.43. The second kappa shape index (κ2) is 9.68. The predicted molar refractivity (Wildman–Crippen MR) is 121 cm³/mol. The summed E-state index contributed by atoms with van der Waals surface area (Å²) in [6.45, 7) is 2.31. The summed E-state index contributed by atoms with van der Waals surface area (Å²) in [6.07, 6.45) is 0.264. The summed E-state index contributed by atoms with van der Waals surface area (Å²) in [7, 11) is 0. The van der Waals surface area contributed by atoms with Crippen molar-refractivity contribution in [1.82, 2.24) is 10.2 Å². The highest BCUT2D eigenvalue weighted by atomic mass is 79.9. The first-order valence-electron chi connectivity index (χ1n) is 10.0. The molecule has 30 heavy (non-hydrogen) atoms. The largest absolute Gasteiger partial charge is 0.490 e. The average Bonchev–Trinajstić information content (AvgIpc) is 2.73. The van der Waals surface area contributed by atoms with Crippen molar-refractivity contribution in [3.05, 3.63) is 62.5 Å². The molecule has 2 unspecified atom stereocenters. The molecular formula is C22H24Br2N2O4. The molecule has 2 atom stereocenters. The highest BCUT2D eigenvalue weighted by molar-refractivity contribution is 9.11. The van der Waals surface area contributed by atoms with E-state index in [9.17, 15) is 9.90 Å². The fourth-order valence-corrected chi connectivity index (χ4v) is 5.66. The van der Waals surface area contributed by atoms with Crippen molar-refractivity contribution in [2.75, 3.05) is 19.7 Å². The number of halogens is 2. The number of hydrogen-bond acceptors (Lipinski definition) is 4. The summed E-state index contributed by atoms with van der Waals surface area (Å²) in [5, 5.41) is 13.5. The molecular weight excluding hydrogens is 516 g/mol. The van der Waals surface area contributed by atoms with Crippen LogP contribution in [0.4, 0.5) is 4.79 Å². The van der Waals surface area contributed by atoms with Crippen LogP contribution >= 0.6 is 31.9 Å². The summed E-state index contributed by atoms with van der Waals surface area (Å²) >= 11 is 7.01. The number of nitrogens with zero attached hydrogens (tertiary/aromatic N) is 1. The van der Waals surface area contributed by atoms with E-state index in [0.717, 1.165) is 51.8 Å². The maximum absolute atomic E-state index is 12.4. The van der Waals surface area contributed by atoms with Gasteiger partial charge in [0.2, 0.25) is 0 Å². The van der Waals surface area contributed by atoms with Crippen molar-refractivity contribution in [1.29, 1.82) is 0 Å². The average molecular weight is 540 g/mol. The lowest BCUT2D eigenvalue weighted by atomic mass is 9.93. The second-order valence-corrected chi connectivity index (χ2v) is 9.42. The quantitative estimate of drug-likeness (QED) is 0.561. The number of benzene rings is 2. The van der Waals surface area contributed by atoms with Gasteiger partial charge in [-0.3, -0.25) is 4.90 Å². The number of fused-ring (bicyclic) bond motifs is 1. The minimum atomic E-state index is -0.914. The van der Waals surface area contributed by atoms with E-state index in [1.54, 1.807) is 4.90 Å². The van der Waals surface area contributed by atoms with Crippen LogP contribution in [-0.2, 0) is 11.3 Å². The molecule has 1 amide bonds. The zero-order valence-corrected chi connectivity index (χ0v) is 19.6. The van der Waals surface area contributed by atoms with E-state index in [0.29, 0.717) is 13.2 Å². The van der Waals surface area contributed by atoms with Gasteiger partial charge >= 0.3 is 6.09 Å². The summed E-state index contributed by atoms with van der Waals surface area (Å²) < 4.78 is 14.1. The lowest BCUT2D eigenvalue weighted by Crippen LogP contribution is -2.52. The standard InChI is InChI=1S/C22H24Br2N2O4/c23-15-9-14(10-16(24)11-15)12-29-20-13-30-19-4-2-1-3-18(19)21(20)26(22(27)28)17-5-7-25-8-6-17/h1-4,9-11,17,20-21,25H,5-8,12-13H2,(H,27,28). The first-order chi connectivity index (χ1) is 14.5. The third-order valence-corrected chi connectivity index (χ3v) is 6.52. The summed E-state index contributed by atoms with van der Waals surface area (Å²) in [5.74, 6) is 0.729. The SMILES string of the molecule is O=C(O)N(C1CCNCC1)C1c2ccccc2OCC1OCc1cc(Br)cc(Br)c1. The number of ether oxygens (including phenoxy) is 2. The van der Waals surface area contributed by atoms with Crippen LogP contribution in [0.3, 0.4) is 0 Å². The lowest BCUT2D eigenvalue weighted by molar-refractivity contribution is -0.0646. The Morgan fingerprint density at radius 1 is 1.17 bits per heavy atom. The van der Waals surface area contributed by atoms with Gasteiger partial charge in [0.15, 0.2) is 0 Å². The van der Waals surface area contributed by atoms with Crippen LogP contribution in [0, 0.1) is 0 Å². The van der Waals surface area contributed by atoms with Gasteiger partial charge in [0.05, 0.1) is 12.6 Å². The Kier molecular flexibility index (Phi) is 6.98. The van der Waals surface area contributed by atoms with E-state index in [4.69, 9.17) is 9.47 Å².